The van der Waals surface area contributed by atoms with Crippen molar-refractivity contribution in [3.05, 3.63) is 93.3 Å². The molecule has 0 radical (unpaired) electrons. The topological polar surface area (TPSA) is 189 Å². The molecule has 5 amide bonds. The van der Waals surface area contributed by atoms with E-state index in [4.69, 9.17) is 4.98 Å². The third kappa shape index (κ3) is 8.35. The number of carbonyl (C=O) groups excluding carboxylic acids is 5. The van der Waals surface area contributed by atoms with Crippen molar-refractivity contribution in [2.75, 3.05) is 65.8 Å². The fourth-order valence-electron chi connectivity index (χ4n) is 13.0. The molecule has 11 rings (SSSR count). The number of benzene rings is 1. The Kier molecular flexibility index (Phi) is 11.8. The number of anilines is 5. The quantitative estimate of drug-likeness (QED) is 0.205. The molecule has 3 N–H and O–H groups in total. The zero-order chi connectivity index (χ0) is 49.6. The molecule has 1 aliphatic carbocycles. The zero-order valence-corrected chi connectivity index (χ0v) is 41.4. The van der Waals surface area contributed by atoms with Gasteiger partial charge in [0.1, 0.15) is 23.2 Å². The van der Waals surface area contributed by atoms with E-state index in [0.29, 0.717) is 36.2 Å². The molecule has 4 saturated heterocycles. The lowest BCUT2D eigenvalue weighted by Crippen LogP contribution is -2.62. The summed E-state index contributed by atoms with van der Waals surface area (Å²) in [5.41, 5.74) is 6.99. The molecule has 5 atom stereocenters. The summed E-state index contributed by atoms with van der Waals surface area (Å²) < 4.78 is 3.81. The van der Waals surface area contributed by atoms with Gasteiger partial charge in [-0.3, -0.25) is 43.9 Å². The summed E-state index contributed by atoms with van der Waals surface area (Å²) in [5, 5.41) is 17.0. The number of aromatic nitrogens is 3. The maximum Gasteiger partial charge on any atom is 0.274 e. The number of pyridine rings is 2. The summed E-state index contributed by atoms with van der Waals surface area (Å²) in [4.78, 5) is 96.0. The monoisotopic (exact) mass is 968 g/mol. The highest BCUT2D eigenvalue weighted by Crippen LogP contribution is 2.41. The minimum atomic E-state index is -0.989. The van der Waals surface area contributed by atoms with Crippen molar-refractivity contribution in [2.24, 2.45) is 12.5 Å². The number of rotatable bonds is 9. The lowest BCUT2D eigenvalue weighted by atomic mass is 9.89. The smallest absolute Gasteiger partial charge is 0.274 e. The standard InChI is InChI=1S/C53H65N11O7/c1-31-29-59(34-14-17-58(18-15-34)35-8-10-38-39(24-35)50(69)64(49(38)68)42-11-13-46(66)56-48(42)67)19-20-60(31)36-9-12-45(54-28-36)55-40-25-37(30-57(5)51(40)70)61-16-6-7-41(47(61)32(2)65)63-22-21-62-43(52(63)71)23-33-26-53(3,4)27-44(33)62/h8-10,12,23-25,28,30-32,34,41-42,47,65H,6-7,11,13-22,26-27,29H2,1-5H3,(H,54,55)(H,56,66,67)/t31-,32?,41+,42?,47-/m0/s1. The number of fused-ring (bicyclic) bond motifs is 4. The Bertz CT molecular complexity index is 2880. The van der Waals surface area contributed by atoms with Crippen LogP contribution in [0.15, 0.2) is 59.7 Å². The number of hydrogen-bond donors (Lipinski definition) is 3. The fourth-order valence-corrected chi connectivity index (χ4v) is 13.0. The van der Waals surface area contributed by atoms with Gasteiger partial charge in [0.05, 0.1) is 46.9 Å². The molecule has 9 heterocycles. The summed E-state index contributed by atoms with van der Waals surface area (Å²) >= 11 is 0. The molecule has 18 nitrogen and oxygen atoms in total. The molecule has 2 unspecified atom stereocenters. The van der Waals surface area contributed by atoms with Gasteiger partial charge in [-0.05, 0) is 112 Å². The Labute approximate surface area is 413 Å². The number of aliphatic hydroxyl groups excluding tert-OH is 1. The van der Waals surface area contributed by atoms with E-state index >= 15 is 0 Å². The summed E-state index contributed by atoms with van der Waals surface area (Å²) in [6, 6.07) is 12.3. The second-order valence-electron chi connectivity index (χ2n) is 21.8. The maximum atomic E-state index is 14.2. The highest BCUT2D eigenvalue weighted by Gasteiger charge is 2.46. The van der Waals surface area contributed by atoms with E-state index in [0.717, 1.165) is 105 Å². The number of imide groups is 2. The molecule has 18 heteroatoms. The predicted octanol–water partition coefficient (Wildman–Crippen LogP) is 3.91. The van der Waals surface area contributed by atoms with Crippen molar-refractivity contribution in [1.29, 1.82) is 0 Å². The summed E-state index contributed by atoms with van der Waals surface area (Å²) in [5.74, 6) is -1.42. The van der Waals surface area contributed by atoms with Crippen LogP contribution >= 0.6 is 0 Å². The third-order valence-corrected chi connectivity index (χ3v) is 16.5. The first-order valence-corrected chi connectivity index (χ1v) is 25.6. The van der Waals surface area contributed by atoms with Gasteiger partial charge in [0.2, 0.25) is 11.8 Å². The Morgan fingerprint density at radius 3 is 2.28 bits per heavy atom. The molecule has 7 aliphatic rings. The van der Waals surface area contributed by atoms with Crippen LogP contribution in [0.3, 0.4) is 0 Å². The molecule has 0 bridgehead atoms. The minimum absolute atomic E-state index is 0.0330. The third-order valence-electron chi connectivity index (χ3n) is 16.5. The molecule has 6 aliphatic heterocycles. The summed E-state index contributed by atoms with van der Waals surface area (Å²) in [7, 11) is 1.74. The first kappa shape index (κ1) is 46.8. The molecule has 1 aromatic carbocycles. The number of aliphatic hydroxyl groups is 1. The van der Waals surface area contributed by atoms with Crippen LogP contribution in [0.4, 0.5) is 28.6 Å². The number of carbonyl (C=O) groups is 5. The maximum absolute atomic E-state index is 14.2. The van der Waals surface area contributed by atoms with Gasteiger partial charge in [-0.15, -0.1) is 0 Å². The summed E-state index contributed by atoms with van der Waals surface area (Å²) in [6.45, 7) is 14.9. The van der Waals surface area contributed by atoms with Crippen molar-refractivity contribution in [3.63, 3.8) is 0 Å². The molecule has 4 fully saturated rings. The number of piperidine rings is 3. The van der Waals surface area contributed by atoms with E-state index in [1.165, 1.54) is 11.3 Å². The minimum Gasteiger partial charge on any atom is -0.391 e. The Balaban J connectivity index is 0.707. The van der Waals surface area contributed by atoms with Crippen LogP contribution < -0.4 is 30.9 Å². The molecule has 0 saturated carbocycles. The van der Waals surface area contributed by atoms with Crippen molar-refractivity contribution < 1.29 is 29.1 Å². The highest BCUT2D eigenvalue weighted by molar-refractivity contribution is 6.23. The van der Waals surface area contributed by atoms with Gasteiger partial charge in [-0.1, -0.05) is 13.8 Å². The zero-order valence-electron chi connectivity index (χ0n) is 41.4. The second kappa shape index (κ2) is 17.9. The Morgan fingerprint density at radius 1 is 0.789 bits per heavy atom. The number of nitrogens with one attached hydrogen (secondary N) is 2. The second-order valence-corrected chi connectivity index (χ2v) is 21.8. The molecule has 71 heavy (non-hydrogen) atoms. The van der Waals surface area contributed by atoms with Gasteiger partial charge in [0.15, 0.2) is 0 Å². The van der Waals surface area contributed by atoms with E-state index < -0.39 is 35.8 Å². The molecule has 3 aromatic heterocycles. The van der Waals surface area contributed by atoms with Crippen LogP contribution in [0.5, 0.6) is 0 Å². The van der Waals surface area contributed by atoms with Crippen LogP contribution in [0, 0.1) is 5.41 Å². The van der Waals surface area contributed by atoms with Gasteiger partial charge in [-0.25, -0.2) is 4.98 Å². The van der Waals surface area contributed by atoms with E-state index in [2.05, 4.69) is 61.6 Å². The van der Waals surface area contributed by atoms with Gasteiger partial charge >= 0.3 is 0 Å². The number of piperazine rings is 1. The van der Waals surface area contributed by atoms with Crippen LogP contribution in [-0.2, 0) is 36.0 Å². The van der Waals surface area contributed by atoms with Crippen molar-refractivity contribution in [1.82, 2.24) is 34.1 Å². The normalized spacial score (nSPS) is 25.4. The van der Waals surface area contributed by atoms with Crippen LogP contribution in [0.2, 0.25) is 0 Å². The number of hydrogen-bond acceptors (Lipinski definition) is 13. The van der Waals surface area contributed by atoms with Crippen molar-refractivity contribution >= 4 is 58.1 Å². The van der Waals surface area contributed by atoms with Gasteiger partial charge in [0.25, 0.3) is 23.3 Å². The van der Waals surface area contributed by atoms with E-state index in [1.807, 2.05) is 41.6 Å². The number of aryl methyl sites for hydroxylation is 1. The average Bonchev–Trinajstić information content (AvgIpc) is 3.94. The Hall–Kier alpha value is -6.53. The molecule has 0 spiro atoms. The van der Waals surface area contributed by atoms with Crippen molar-refractivity contribution in [3.8, 4) is 0 Å². The molecule has 4 aromatic rings. The van der Waals surface area contributed by atoms with Gasteiger partial charge in [-0.2, -0.15) is 0 Å². The number of amides is 5. The number of nitrogens with zero attached hydrogens (tertiary/aromatic N) is 9. The van der Waals surface area contributed by atoms with E-state index in [1.54, 1.807) is 30.7 Å². The van der Waals surface area contributed by atoms with E-state index in [9.17, 15) is 33.9 Å². The molecular formula is C53H65N11O7. The Morgan fingerprint density at radius 2 is 1.55 bits per heavy atom. The van der Waals surface area contributed by atoms with Crippen LogP contribution in [-0.4, -0.2) is 146 Å². The molecular weight excluding hydrogens is 903 g/mol. The van der Waals surface area contributed by atoms with E-state index in [-0.39, 0.29) is 53.4 Å². The van der Waals surface area contributed by atoms with Gasteiger partial charge < -0.3 is 39.2 Å². The first-order chi connectivity index (χ1) is 34.0. The SMILES string of the molecule is CC(O)[C@H]1[C@H](N2CCn3c(cc4c3CC(C)(C)C4)C2=O)CCCN1c1cc(Nc2ccc(N3CCN(C4CCN(c5ccc6c(c5)C(=O)N(C5CCC(=O)NC5=O)C6=O)CC4)C[C@@H]3C)cn2)c(=O)n(C)c1. The lowest BCUT2D eigenvalue weighted by molar-refractivity contribution is -0.136. The predicted molar refractivity (Wildman–Crippen MR) is 268 cm³/mol. The van der Waals surface area contributed by atoms with Gasteiger partial charge in [0, 0.05) is 95.5 Å². The lowest BCUT2D eigenvalue weighted by Gasteiger charge is -2.49. The fraction of sp³-hybridized carbons (Fsp3) is 0.528. The highest BCUT2D eigenvalue weighted by atomic mass is 16.3. The summed E-state index contributed by atoms with van der Waals surface area (Å²) in [6.07, 6.45) is 8.64. The molecule has 374 valence electrons. The largest absolute Gasteiger partial charge is 0.391 e. The van der Waals surface area contributed by atoms with Crippen LogP contribution in [0.25, 0.3) is 0 Å². The van der Waals surface area contributed by atoms with Crippen molar-refractivity contribution in [2.45, 2.75) is 122 Å². The van der Waals surface area contributed by atoms with Crippen LogP contribution in [0.1, 0.15) is 109 Å². The first-order valence-electron chi connectivity index (χ1n) is 25.6. The average molecular weight is 968 g/mol.